The van der Waals surface area contributed by atoms with E-state index in [1.807, 2.05) is 31.2 Å². The summed E-state index contributed by atoms with van der Waals surface area (Å²) in [6, 6.07) is 12.8. The third kappa shape index (κ3) is 6.55. The first kappa shape index (κ1) is 21.7. The summed E-state index contributed by atoms with van der Waals surface area (Å²) in [4.78, 5) is 26.3. The minimum Gasteiger partial charge on any atom is -0.495 e. The Labute approximate surface area is 170 Å². The molecule has 0 atom stereocenters. The van der Waals surface area contributed by atoms with Crippen molar-refractivity contribution in [1.29, 1.82) is 0 Å². The maximum Gasteiger partial charge on any atom is 0.238 e. The Morgan fingerprint density at radius 2 is 1.79 bits per heavy atom. The Morgan fingerprint density at radius 1 is 1.07 bits per heavy atom. The summed E-state index contributed by atoms with van der Waals surface area (Å²) >= 11 is 5.97. The van der Waals surface area contributed by atoms with E-state index in [2.05, 4.69) is 10.6 Å². The van der Waals surface area contributed by atoms with E-state index in [1.165, 1.54) is 7.11 Å². The SMILES string of the molecule is CCc1ccccc1NC(=O)CN(C)CCC(=O)Nc1cc(Cl)ccc1OC. The Kier molecular flexibility index (Phi) is 8.29. The summed E-state index contributed by atoms with van der Waals surface area (Å²) in [5.41, 5.74) is 2.44. The number of hydrogen-bond acceptors (Lipinski definition) is 4. The fourth-order valence-electron chi connectivity index (χ4n) is 2.75. The molecule has 0 aliphatic rings. The summed E-state index contributed by atoms with van der Waals surface area (Å²) in [5.74, 6) is 0.254. The largest absolute Gasteiger partial charge is 0.495 e. The van der Waals surface area contributed by atoms with Crippen LogP contribution in [0.3, 0.4) is 0 Å². The zero-order valence-corrected chi connectivity index (χ0v) is 17.2. The van der Waals surface area contributed by atoms with Crippen LogP contribution in [-0.2, 0) is 16.0 Å². The van der Waals surface area contributed by atoms with Crippen LogP contribution in [0.2, 0.25) is 5.02 Å². The van der Waals surface area contributed by atoms with Gasteiger partial charge in [0.25, 0.3) is 0 Å². The molecule has 2 aromatic rings. The van der Waals surface area contributed by atoms with E-state index in [0.717, 1.165) is 17.7 Å². The van der Waals surface area contributed by atoms with Gasteiger partial charge in [0, 0.05) is 23.7 Å². The van der Waals surface area contributed by atoms with Gasteiger partial charge in [0.15, 0.2) is 0 Å². The lowest BCUT2D eigenvalue weighted by molar-refractivity contribution is -0.119. The number of nitrogens with one attached hydrogen (secondary N) is 2. The number of para-hydroxylation sites is 1. The molecule has 0 saturated carbocycles. The van der Waals surface area contributed by atoms with Crippen LogP contribution in [0, 0.1) is 0 Å². The lowest BCUT2D eigenvalue weighted by Gasteiger charge is -2.17. The molecule has 2 amide bonds. The van der Waals surface area contributed by atoms with Gasteiger partial charge in [-0.3, -0.25) is 14.5 Å². The standard InChI is InChI=1S/C21H26ClN3O3/c1-4-15-7-5-6-8-17(15)23-21(27)14-25(2)12-11-20(26)24-18-13-16(22)9-10-19(18)28-3/h5-10,13H,4,11-12,14H2,1-3H3,(H,23,27)(H,24,26). The Morgan fingerprint density at radius 3 is 2.50 bits per heavy atom. The molecule has 0 fully saturated rings. The first-order chi connectivity index (χ1) is 13.4. The number of likely N-dealkylation sites (N-methyl/N-ethyl adjacent to an activating group) is 1. The molecule has 2 aromatic carbocycles. The van der Waals surface area contributed by atoms with Crippen molar-refractivity contribution in [2.75, 3.05) is 37.9 Å². The summed E-state index contributed by atoms with van der Waals surface area (Å²) in [7, 11) is 3.33. The normalized spacial score (nSPS) is 10.6. The number of methoxy groups -OCH3 is 1. The number of hydrogen-bond donors (Lipinski definition) is 2. The van der Waals surface area contributed by atoms with Crippen LogP contribution < -0.4 is 15.4 Å². The van der Waals surface area contributed by atoms with Crippen molar-refractivity contribution in [2.24, 2.45) is 0 Å². The number of carbonyl (C=O) groups is 2. The van der Waals surface area contributed by atoms with Crippen molar-refractivity contribution in [3.8, 4) is 5.75 Å². The first-order valence-corrected chi connectivity index (χ1v) is 9.50. The highest BCUT2D eigenvalue weighted by Gasteiger charge is 2.12. The minimum atomic E-state index is -0.177. The molecule has 2 N–H and O–H groups in total. The smallest absolute Gasteiger partial charge is 0.238 e. The van der Waals surface area contributed by atoms with E-state index in [9.17, 15) is 9.59 Å². The molecule has 0 spiro atoms. The number of benzene rings is 2. The highest BCUT2D eigenvalue weighted by molar-refractivity contribution is 6.31. The van der Waals surface area contributed by atoms with Gasteiger partial charge in [0.1, 0.15) is 5.75 Å². The van der Waals surface area contributed by atoms with E-state index in [1.54, 1.807) is 30.1 Å². The Hall–Kier alpha value is -2.57. The summed E-state index contributed by atoms with van der Waals surface area (Å²) in [5, 5.41) is 6.23. The van der Waals surface area contributed by atoms with Crippen LogP contribution in [0.4, 0.5) is 11.4 Å². The molecule has 28 heavy (non-hydrogen) atoms. The number of amides is 2. The van der Waals surface area contributed by atoms with Crippen LogP contribution in [0.25, 0.3) is 0 Å². The fraction of sp³-hybridized carbons (Fsp3) is 0.333. The van der Waals surface area contributed by atoms with Crippen molar-refractivity contribution < 1.29 is 14.3 Å². The molecular weight excluding hydrogens is 378 g/mol. The second-order valence-corrected chi connectivity index (χ2v) is 6.88. The zero-order valence-electron chi connectivity index (χ0n) is 16.4. The number of aryl methyl sites for hydroxylation is 1. The molecule has 0 bridgehead atoms. The van der Waals surface area contributed by atoms with Gasteiger partial charge >= 0.3 is 0 Å². The van der Waals surface area contributed by atoms with Gasteiger partial charge in [-0.2, -0.15) is 0 Å². The third-order valence-electron chi connectivity index (χ3n) is 4.24. The van der Waals surface area contributed by atoms with Crippen molar-refractivity contribution in [3.05, 3.63) is 53.1 Å². The van der Waals surface area contributed by atoms with E-state index >= 15 is 0 Å². The van der Waals surface area contributed by atoms with Gasteiger partial charge < -0.3 is 15.4 Å². The third-order valence-corrected chi connectivity index (χ3v) is 4.48. The second-order valence-electron chi connectivity index (χ2n) is 6.44. The topological polar surface area (TPSA) is 70.7 Å². The quantitative estimate of drug-likeness (QED) is 0.667. The number of rotatable bonds is 9. The average Bonchev–Trinajstić information content (AvgIpc) is 2.67. The van der Waals surface area contributed by atoms with Crippen molar-refractivity contribution >= 4 is 34.8 Å². The molecule has 7 heteroatoms. The maximum absolute atomic E-state index is 12.3. The Bertz CT molecular complexity index is 826. The molecule has 6 nitrogen and oxygen atoms in total. The maximum atomic E-state index is 12.3. The van der Waals surface area contributed by atoms with Crippen LogP contribution >= 0.6 is 11.6 Å². The molecule has 0 aromatic heterocycles. The monoisotopic (exact) mass is 403 g/mol. The summed E-state index contributed by atoms with van der Waals surface area (Å²) in [6.45, 7) is 2.69. The van der Waals surface area contributed by atoms with Gasteiger partial charge in [0.05, 0.1) is 19.3 Å². The van der Waals surface area contributed by atoms with Gasteiger partial charge in [-0.25, -0.2) is 0 Å². The number of halogens is 1. The molecular formula is C21H26ClN3O3. The lowest BCUT2D eigenvalue weighted by Crippen LogP contribution is -2.32. The molecule has 0 heterocycles. The van der Waals surface area contributed by atoms with Gasteiger partial charge in [-0.1, -0.05) is 36.7 Å². The first-order valence-electron chi connectivity index (χ1n) is 9.12. The second kappa shape index (κ2) is 10.7. The van der Waals surface area contributed by atoms with Crippen molar-refractivity contribution in [1.82, 2.24) is 4.90 Å². The fourth-order valence-corrected chi connectivity index (χ4v) is 2.92. The lowest BCUT2D eigenvalue weighted by atomic mass is 10.1. The number of nitrogens with zero attached hydrogens (tertiary/aromatic N) is 1. The van der Waals surface area contributed by atoms with E-state index in [0.29, 0.717) is 23.0 Å². The predicted octanol–water partition coefficient (Wildman–Crippen LogP) is 3.81. The van der Waals surface area contributed by atoms with Crippen LogP contribution in [0.5, 0.6) is 5.75 Å². The molecule has 0 aliphatic heterocycles. The number of anilines is 2. The predicted molar refractivity (Wildman–Crippen MR) is 113 cm³/mol. The van der Waals surface area contributed by atoms with Crippen molar-refractivity contribution in [3.63, 3.8) is 0 Å². The van der Waals surface area contributed by atoms with E-state index in [-0.39, 0.29) is 24.8 Å². The molecule has 2 rings (SSSR count). The number of ether oxygens (including phenoxy) is 1. The highest BCUT2D eigenvalue weighted by atomic mass is 35.5. The van der Waals surface area contributed by atoms with Gasteiger partial charge in [-0.05, 0) is 43.3 Å². The van der Waals surface area contributed by atoms with Crippen LogP contribution in [0.1, 0.15) is 18.9 Å². The summed E-state index contributed by atoms with van der Waals surface area (Å²) in [6.07, 6.45) is 1.09. The van der Waals surface area contributed by atoms with Crippen molar-refractivity contribution in [2.45, 2.75) is 19.8 Å². The minimum absolute atomic E-state index is 0.111. The molecule has 0 aliphatic carbocycles. The molecule has 0 unspecified atom stereocenters. The van der Waals surface area contributed by atoms with Gasteiger partial charge in [0.2, 0.25) is 11.8 Å². The van der Waals surface area contributed by atoms with E-state index in [4.69, 9.17) is 16.3 Å². The Balaban J connectivity index is 1.81. The van der Waals surface area contributed by atoms with Gasteiger partial charge in [-0.15, -0.1) is 0 Å². The molecule has 0 radical (unpaired) electrons. The zero-order chi connectivity index (χ0) is 20.5. The summed E-state index contributed by atoms with van der Waals surface area (Å²) < 4.78 is 5.22. The van der Waals surface area contributed by atoms with E-state index < -0.39 is 0 Å². The molecule has 150 valence electrons. The average molecular weight is 404 g/mol. The molecule has 0 saturated heterocycles. The van der Waals surface area contributed by atoms with Crippen LogP contribution in [0.15, 0.2) is 42.5 Å². The van der Waals surface area contributed by atoms with Crippen LogP contribution in [-0.4, -0.2) is 44.0 Å². The highest BCUT2D eigenvalue weighted by Crippen LogP contribution is 2.27. The number of carbonyl (C=O) groups excluding carboxylic acids is 2.